The average molecular weight is 286 g/mol. The Morgan fingerprint density at radius 3 is 2.10 bits per heavy atom. The molecule has 0 radical (unpaired) electrons. The quantitative estimate of drug-likeness (QED) is 0.749. The molecule has 0 saturated carbocycles. The zero-order valence-electron chi connectivity index (χ0n) is 12.0. The molecule has 0 aliphatic heterocycles. The second-order valence-corrected chi connectivity index (χ2v) is 4.79. The first-order chi connectivity index (χ1) is 10.2. The minimum Gasteiger partial charge on any atom is -0.489 e. The minimum absolute atomic E-state index is 0.444. The lowest BCUT2D eigenvalue weighted by molar-refractivity contribution is 0.202. The number of benzene rings is 2. The Labute approximate surface area is 125 Å². The second kappa shape index (κ2) is 7.83. The van der Waals surface area contributed by atoms with Crippen molar-refractivity contribution in [3.05, 3.63) is 59.7 Å². The lowest BCUT2D eigenvalue weighted by atomic mass is 9.80. The van der Waals surface area contributed by atoms with Crippen LogP contribution in [0.5, 0.6) is 5.75 Å². The van der Waals surface area contributed by atoms with E-state index in [1.807, 2.05) is 36.4 Å². The molecule has 2 aromatic rings. The van der Waals surface area contributed by atoms with Crippen molar-refractivity contribution in [2.24, 2.45) is 0 Å². The molecule has 0 atom stereocenters. The van der Waals surface area contributed by atoms with Gasteiger partial charge in [-0.15, -0.1) is 0 Å². The van der Waals surface area contributed by atoms with Gasteiger partial charge in [0.05, 0.1) is 6.61 Å². The van der Waals surface area contributed by atoms with Crippen LogP contribution in [0.4, 0.5) is 0 Å². The summed E-state index contributed by atoms with van der Waals surface area (Å²) in [7, 11) is 0.262. The Kier molecular flexibility index (Phi) is 5.81. The monoisotopic (exact) mass is 286 g/mol. The zero-order valence-corrected chi connectivity index (χ0v) is 12.0. The molecule has 0 aliphatic rings. The minimum atomic E-state index is -1.43. The fraction of sp³-hybridized carbons (Fsp3) is 0.250. The molecule has 0 spiro atoms. The van der Waals surface area contributed by atoms with Crippen molar-refractivity contribution in [1.29, 1.82) is 0 Å². The summed E-state index contributed by atoms with van der Waals surface area (Å²) >= 11 is 0. The highest BCUT2D eigenvalue weighted by atomic mass is 16.5. The number of hydrogen-bond donors (Lipinski definition) is 2. The Hall–Kier alpha value is -1.82. The third-order valence-corrected chi connectivity index (χ3v) is 3.20. The molecule has 0 aromatic heterocycles. The van der Waals surface area contributed by atoms with Crippen LogP contribution in [0.3, 0.4) is 0 Å². The Balaban J connectivity index is 1.87. The van der Waals surface area contributed by atoms with Gasteiger partial charge in [-0.1, -0.05) is 36.4 Å². The van der Waals surface area contributed by atoms with E-state index in [9.17, 15) is 0 Å². The highest BCUT2D eigenvalue weighted by Gasteiger charge is 2.09. The van der Waals surface area contributed by atoms with Gasteiger partial charge in [0.1, 0.15) is 12.4 Å². The molecule has 21 heavy (non-hydrogen) atoms. The number of rotatable bonds is 7. The highest BCUT2D eigenvalue weighted by molar-refractivity contribution is 6.58. The fourth-order valence-corrected chi connectivity index (χ4v) is 1.92. The molecule has 0 unspecified atom stereocenters. The van der Waals surface area contributed by atoms with Gasteiger partial charge in [0.25, 0.3) is 0 Å². The standard InChI is InChI=1S/C16H19BO4/c1-20-11-10-13-4-8-16(9-5-13)21-12-14-2-6-15(7-3-14)17(18)19/h2-9,18-19H,10-12H2,1H3. The van der Waals surface area contributed by atoms with Crippen molar-refractivity contribution in [1.82, 2.24) is 0 Å². The SMILES string of the molecule is COCCc1ccc(OCc2ccc(B(O)O)cc2)cc1. The normalized spacial score (nSPS) is 10.4. The van der Waals surface area contributed by atoms with E-state index in [1.54, 1.807) is 19.2 Å². The van der Waals surface area contributed by atoms with E-state index in [1.165, 1.54) is 5.56 Å². The van der Waals surface area contributed by atoms with Crippen molar-refractivity contribution in [2.45, 2.75) is 13.0 Å². The van der Waals surface area contributed by atoms with E-state index in [4.69, 9.17) is 19.5 Å². The first-order valence-electron chi connectivity index (χ1n) is 6.84. The smallest absolute Gasteiger partial charge is 0.488 e. The maximum atomic E-state index is 9.03. The van der Waals surface area contributed by atoms with E-state index in [0.29, 0.717) is 18.7 Å². The summed E-state index contributed by atoms with van der Waals surface area (Å²) in [6, 6.07) is 14.9. The summed E-state index contributed by atoms with van der Waals surface area (Å²) in [6.45, 7) is 1.16. The third kappa shape index (κ3) is 4.90. The summed E-state index contributed by atoms with van der Waals surface area (Å²) in [5, 5.41) is 18.1. The lowest BCUT2D eigenvalue weighted by Gasteiger charge is -2.08. The topological polar surface area (TPSA) is 58.9 Å². The van der Waals surface area contributed by atoms with E-state index in [0.717, 1.165) is 17.7 Å². The average Bonchev–Trinajstić information content (AvgIpc) is 2.52. The van der Waals surface area contributed by atoms with Gasteiger partial charge in [0.15, 0.2) is 0 Å². The molecule has 110 valence electrons. The number of methoxy groups -OCH3 is 1. The van der Waals surface area contributed by atoms with E-state index in [-0.39, 0.29) is 0 Å². The van der Waals surface area contributed by atoms with Crippen molar-refractivity contribution in [2.75, 3.05) is 13.7 Å². The van der Waals surface area contributed by atoms with Gasteiger partial charge in [-0.3, -0.25) is 0 Å². The molecular formula is C16H19BO4. The summed E-state index contributed by atoms with van der Waals surface area (Å²) in [5.41, 5.74) is 2.66. The maximum absolute atomic E-state index is 9.03. The first-order valence-corrected chi connectivity index (χ1v) is 6.84. The summed E-state index contributed by atoms with van der Waals surface area (Å²) < 4.78 is 10.7. The van der Waals surface area contributed by atoms with Gasteiger partial charge in [-0.05, 0) is 35.1 Å². The molecule has 0 saturated heterocycles. The molecule has 4 nitrogen and oxygen atoms in total. The van der Waals surface area contributed by atoms with Gasteiger partial charge in [-0.2, -0.15) is 0 Å². The predicted octanol–water partition coefficient (Wildman–Crippen LogP) is 1.13. The Bertz CT molecular complexity index is 537. The van der Waals surface area contributed by atoms with Crippen LogP contribution in [-0.4, -0.2) is 30.9 Å². The third-order valence-electron chi connectivity index (χ3n) is 3.20. The van der Waals surface area contributed by atoms with E-state index < -0.39 is 7.12 Å². The van der Waals surface area contributed by atoms with Crippen LogP contribution in [-0.2, 0) is 17.8 Å². The van der Waals surface area contributed by atoms with Crippen LogP contribution < -0.4 is 10.2 Å². The van der Waals surface area contributed by atoms with Crippen molar-refractivity contribution < 1.29 is 19.5 Å². The molecule has 2 rings (SSSR count). The molecule has 5 heteroatoms. The molecular weight excluding hydrogens is 267 g/mol. The molecule has 0 heterocycles. The molecule has 2 aromatic carbocycles. The van der Waals surface area contributed by atoms with Crippen molar-refractivity contribution >= 4 is 12.6 Å². The van der Waals surface area contributed by atoms with E-state index in [2.05, 4.69) is 0 Å². The largest absolute Gasteiger partial charge is 0.489 e. The summed E-state index contributed by atoms with van der Waals surface area (Å²) in [5.74, 6) is 0.808. The van der Waals surface area contributed by atoms with Crippen LogP contribution in [0.2, 0.25) is 0 Å². The Morgan fingerprint density at radius 2 is 1.52 bits per heavy atom. The van der Waals surface area contributed by atoms with Crippen LogP contribution in [0.25, 0.3) is 0 Å². The first kappa shape index (κ1) is 15.6. The second-order valence-electron chi connectivity index (χ2n) is 4.79. The Morgan fingerprint density at radius 1 is 0.905 bits per heavy atom. The van der Waals surface area contributed by atoms with E-state index >= 15 is 0 Å². The van der Waals surface area contributed by atoms with Crippen LogP contribution >= 0.6 is 0 Å². The molecule has 0 fully saturated rings. The van der Waals surface area contributed by atoms with Crippen LogP contribution in [0.15, 0.2) is 48.5 Å². The summed E-state index contributed by atoms with van der Waals surface area (Å²) in [6.07, 6.45) is 0.891. The zero-order chi connectivity index (χ0) is 15.1. The number of hydrogen-bond acceptors (Lipinski definition) is 4. The van der Waals surface area contributed by atoms with Crippen molar-refractivity contribution in [3.8, 4) is 5.75 Å². The molecule has 0 aliphatic carbocycles. The molecule has 0 amide bonds. The van der Waals surface area contributed by atoms with Crippen LogP contribution in [0, 0.1) is 0 Å². The predicted molar refractivity (Wildman–Crippen MR) is 82.6 cm³/mol. The fourth-order valence-electron chi connectivity index (χ4n) is 1.92. The van der Waals surface area contributed by atoms with Gasteiger partial charge in [0.2, 0.25) is 0 Å². The molecule has 0 bridgehead atoms. The van der Waals surface area contributed by atoms with Gasteiger partial charge >= 0.3 is 7.12 Å². The van der Waals surface area contributed by atoms with Gasteiger partial charge < -0.3 is 19.5 Å². The van der Waals surface area contributed by atoms with Crippen molar-refractivity contribution in [3.63, 3.8) is 0 Å². The summed E-state index contributed by atoms with van der Waals surface area (Å²) in [4.78, 5) is 0. The van der Waals surface area contributed by atoms with Gasteiger partial charge in [-0.25, -0.2) is 0 Å². The van der Waals surface area contributed by atoms with Crippen LogP contribution in [0.1, 0.15) is 11.1 Å². The van der Waals surface area contributed by atoms with Gasteiger partial charge in [0, 0.05) is 7.11 Å². The highest BCUT2D eigenvalue weighted by Crippen LogP contribution is 2.14. The maximum Gasteiger partial charge on any atom is 0.488 e. The molecule has 2 N–H and O–H groups in total. The lowest BCUT2D eigenvalue weighted by Crippen LogP contribution is -2.29. The number of ether oxygens (including phenoxy) is 2.